The third-order valence-corrected chi connectivity index (χ3v) is 5.32. The summed E-state index contributed by atoms with van der Waals surface area (Å²) in [5.41, 5.74) is 6.81. The first kappa shape index (κ1) is 22.9. The van der Waals surface area contributed by atoms with E-state index < -0.39 is 24.0 Å². The minimum absolute atomic E-state index is 0.256. The monoisotopic (exact) mass is 515 g/mol. The summed E-state index contributed by atoms with van der Waals surface area (Å²) in [6, 6.07) is 12.0. The SMILES string of the molecule is C=Cc1c(NC(C(=O)NNC(=O)c2ccc(C#N)cc2)[C@H](C)O)ccc(C#N)c1I. The minimum Gasteiger partial charge on any atom is -0.391 e. The zero-order valence-electron chi connectivity index (χ0n) is 15.9. The first-order valence-corrected chi connectivity index (χ1v) is 9.80. The van der Waals surface area contributed by atoms with Gasteiger partial charge in [0.1, 0.15) is 12.1 Å². The Bertz CT molecular complexity index is 1050. The molecule has 0 aliphatic rings. The first-order valence-electron chi connectivity index (χ1n) is 8.72. The van der Waals surface area contributed by atoms with Gasteiger partial charge in [-0.05, 0) is 65.9 Å². The molecule has 0 aliphatic carbocycles. The Kier molecular flexibility index (Phi) is 7.92. The summed E-state index contributed by atoms with van der Waals surface area (Å²) >= 11 is 2.01. The summed E-state index contributed by atoms with van der Waals surface area (Å²) < 4.78 is 0.661. The summed E-state index contributed by atoms with van der Waals surface area (Å²) in [5.74, 6) is -1.24. The third kappa shape index (κ3) is 5.35. The predicted octanol–water partition coefficient (Wildman–Crippen LogP) is 2.30. The number of carbonyl (C=O) groups excluding carboxylic acids is 2. The van der Waals surface area contributed by atoms with Gasteiger partial charge in [0.2, 0.25) is 0 Å². The summed E-state index contributed by atoms with van der Waals surface area (Å²) in [4.78, 5) is 24.7. The first-order chi connectivity index (χ1) is 14.3. The van der Waals surface area contributed by atoms with Gasteiger partial charge in [-0.3, -0.25) is 20.4 Å². The van der Waals surface area contributed by atoms with E-state index in [2.05, 4.69) is 28.8 Å². The summed E-state index contributed by atoms with van der Waals surface area (Å²) in [6.07, 6.45) is 0.456. The highest BCUT2D eigenvalue weighted by atomic mass is 127. The van der Waals surface area contributed by atoms with E-state index in [0.717, 1.165) is 0 Å². The quantitative estimate of drug-likeness (QED) is 0.344. The number of rotatable bonds is 6. The number of benzene rings is 2. The smallest absolute Gasteiger partial charge is 0.269 e. The van der Waals surface area contributed by atoms with Crippen LogP contribution in [0.3, 0.4) is 0 Å². The highest BCUT2D eigenvalue weighted by Crippen LogP contribution is 2.27. The van der Waals surface area contributed by atoms with Crippen molar-refractivity contribution < 1.29 is 14.7 Å². The zero-order chi connectivity index (χ0) is 22.3. The maximum absolute atomic E-state index is 12.6. The van der Waals surface area contributed by atoms with Gasteiger partial charge in [-0.15, -0.1) is 0 Å². The molecule has 0 saturated heterocycles. The molecule has 2 atom stereocenters. The van der Waals surface area contributed by atoms with Crippen LogP contribution >= 0.6 is 22.6 Å². The second-order valence-electron chi connectivity index (χ2n) is 6.20. The molecule has 4 N–H and O–H groups in total. The number of hydrazine groups is 1. The highest BCUT2D eigenvalue weighted by molar-refractivity contribution is 14.1. The number of hydrogen-bond donors (Lipinski definition) is 4. The Morgan fingerprint density at radius 1 is 1.13 bits per heavy atom. The van der Waals surface area contributed by atoms with Crippen molar-refractivity contribution in [2.24, 2.45) is 0 Å². The van der Waals surface area contributed by atoms with E-state index in [-0.39, 0.29) is 5.56 Å². The molecule has 0 bridgehead atoms. The fourth-order valence-corrected chi connectivity index (χ4v) is 3.35. The van der Waals surface area contributed by atoms with Crippen LogP contribution in [0.5, 0.6) is 0 Å². The molecule has 2 aromatic rings. The average Bonchev–Trinajstić information content (AvgIpc) is 2.75. The van der Waals surface area contributed by atoms with E-state index >= 15 is 0 Å². The van der Waals surface area contributed by atoms with Gasteiger partial charge in [0.15, 0.2) is 0 Å². The number of amides is 2. The molecular weight excluding hydrogens is 497 g/mol. The summed E-state index contributed by atoms with van der Waals surface area (Å²) in [5, 5.41) is 31.0. The summed E-state index contributed by atoms with van der Waals surface area (Å²) in [7, 11) is 0. The van der Waals surface area contributed by atoms with Gasteiger partial charge in [-0.2, -0.15) is 10.5 Å². The van der Waals surface area contributed by atoms with Crippen LogP contribution in [0.4, 0.5) is 5.69 Å². The third-order valence-electron chi connectivity index (χ3n) is 4.16. The number of anilines is 1. The van der Waals surface area contributed by atoms with Crippen molar-refractivity contribution in [2.75, 3.05) is 5.32 Å². The van der Waals surface area contributed by atoms with Gasteiger partial charge in [0.05, 0.1) is 23.3 Å². The van der Waals surface area contributed by atoms with Gasteiger partial charge in [0.25, 0.3) is 11.8 Å². The Morgan fingerprint density at radius 2 is 1.80 bits per heavy atom. The van der Waals surface area contributed by atoms with E-state index in [0.29, 0.717) is 25.9 Å². The van der Waals surface area contributed by atoms with Crippen LogP contribution < -0.4 is 16.2 Å². The minimum atomic E-state index is -1.09. The Hall–Kier alpha value is -3.41. The van der Waals surface area contributed by atoms with Crippen LogP contribution in [-0.2, 0) is 4.79 Å². The van der Waals surface area contributed by atoms with Crippen molar-refractivity contribution in [3.05, 3.63) is 68.8 Å². The van der Waals surface area contributed by atoms with Gasteiger partial charge >= 0.3 is 0 Å². The van der Waals surface area contributed by atoms with Gasteiger partial charge < -0.3 is 10.4 Å². The van der Waals surface area contributed by atoms with E-state index in [1.54, 1.807) is 18.2 Å². The van der Waals surface area contributed by atoms with Crippen molar-refractivity contribution in [2.45, 2.75) is 19.1 Å². The predicted molar refractivity (Wildman–Crippen MR) is 120 cm³/mol. The van der Waals surface area contributed by atoms with Gasteiger partial charge in [-0.25, -0.2) is 0 Å². The van der Waals surface area contributed by atoms with Crippen LogP contribution in [0, 0.1) is 26.2 Å². The number of aliphatic hydroxyl groups is 1. The standard InChI is InChI=1S/C21H18IN5O3/c1-3-16-17(9-8-15(11-24)18(16)22)25-19(12(2)28)21(30)27-26-20(29)14-6-4-13(10-23)5-7-14/h3-9,12,19,25,28H,1H2,2H3,(H,26,29)(H,27,30)/t12-,19?/m0/s1. The second-order valence-corrected chi connectivity index (χ2v) is 7.28. The van der Waals surface area contributed by atoms with Gasteiger partial charge in [-0.1, -0.05) is 12.7 Å². The molecule has 0 aromatic heterocycles. The molecule has 0 fully saturated rings. The maximum atomic E-state index is 12.6. The molecule has 9 heteroatoms. The molecule has 30 heavy (non-hydrogen) atoms. The van der Waals surface area contributed by atoms with Crippen molar-refractivity contribution >= 4 is 46.2 Å². The number of nitriles is 2. The number of carbonyl (C=O) groups is 2. The zero-order valence-corrected chi connectivity index (χ0v) is 18.1. The molecule has 8 nitrogen and oxygen atoms in total. The molecule has 1 unspecified atom stereocenters. The molecular formula is C21H18IN5O3. The largest absolute Gasteiger partial charge is 0.391 e. The van der Waals surface area contributed by atoms with Crippen LogP contribution in [0.15, 0.2) is 43.0 Å². The fraction of sp³-hybridized carbons (Fsp3) is 0.143. The van der Waals surface area contributed by atoms with Crippen molar-refractivity contribution in [3.8, 4) is 12.1 Å². The van der Waals surface area contributed by atoms with Crippen LogP contribution in [0.25, 0.3) is 6.08 Å². The fourth-order valence-electron chi connectivity index (χ4n) is 2.54. The van der Waals surface area contributed by atoms with Crippen molar-refractivity contribution in [1.29, 1.82) is 10.5 Å². The maximum Gasteiger partial charge on any atom is 0.269 e. The average molecular weight is 515 g/mol. The molecule has 0 saturated carbocycles. The molecule has 2 rings (SSSR count). The lowest BCUT2D eigenvalue weighted by Crippen LogP contribution is -2.52. The molecule has 0 radical (unpaired) electrons. The lowest BCUT2D eigenvalue weighted by Gasteiger charge is -2.23. The lowest BCUT2D eigenvalue weighted by atomic mass is 10.1. The Labute approximate surface area is 187 Å². The highest BCUT2D eigenvalue weighted by Gasteiger charge is 2.25. The van der Waals surface area contributed by atoms with Crippen LogP contribution in [-0.4, -0.2) is 29.1 Å². The van der Waals surface area contributed by atoms with E-state index in [9.17, 15) is 14.7 Å². The number of nitrogens with zero attached hydrogens (tertiary/aromatic N) is 2. The van der Waals surface area contributed by atoms with Crippen molar-refractivity contribution in [3.63, 3.8) is 0 Å². The Balaban J connectivity index is 2.13. The molecule has 152 valence electrons. The number of hydrogen-bond acceptors (Lipinski definition) is 6. The molecule has 0 heterocycles. The topological polar surface area (TPSA) is 138 Å². The van der Waals surface area contributed by atoms with E-state index in [1.165, 1.54) is 31.2 Å². The molecule has 0 aliphatic heterocycles. The Morgan fingerprint density at radius 3 is 2.33 bits per heavy atom. The number of aliphatic hydroxyl groups excluding tert-OH is 1. The lowest BCUT2D eigenvalue weighted by molar-refractivity contribution is -0.124. The van der Waals surface area contributed by atoms with Crippen molar-refractivity contribution in [1.82, 2.24) is 10.9 Å². The second kappa shape index (κ2) is 10.4. The van der Waals surface area contributed by atoms with E-state index in [1.807, 2.05) is 28.7 Å². The van der Waals surface area contributed by atoms with E-state index in [4.69, 9.17) is 10.5 Å². The van der Waals surface area contributed by atoms with Crippen LogP contribution in [0.2, 0.25) is 0 Å². The normalized spacial score (nSPS) is 11.9. The number of nitrogens with one attached hydrogen (secondary N) is 3. The van der Waals surface area contributed by atoms with Gasteiger partial charge in [0, 0.05) is 20.4 Å². The summed E-state index contributed by atoms with van der Waals surface area (Å²) in [6.45, 7) is 5.17. The number of halogens is 1. The molecule has 2 aromatic carbocycles. The molecule has 2 amide bonds. The van der Waals surface area contributed by atoms with Crippen LogP contribution in [0.1, 0.15) is 34.0 Å². The molecule has 0 spiro atoms.